The first-order valence-corrected chi connectivity index (χ1v) is 6.06. The molecule has 2 N–H and O–H groups in total. The molecule has 0 atom stereocenters. The second kappa shape index (κ2) is 5.49. The molecule has 0 fully saturated rings. The van der Waals surface area contributed by atoms with Crippen molar-refractivity contribution in [2.75, 3.05) is 17.7 Å². The van der Waals surface area contributed by atoms with Crippen molar-refractivity contribution in [3.05, 3.63) is 42.7 Å². The Balaban J connectivity index is 1.99. The van der Waals surface area contributed by atoms with E-state index in [1.54, 1.807) is 25.2 Å². The highest BCUT2D eigenvalue weighted by Gasteiger charge is 2.09. The summed E-state index contributed by atoms with van der Waals surface area (Å²) in [5.41, 5.74) is 0.273. The molecule has 3 rings (SSSR count). The lowest BCUT2D eigenvalue weighted by Gasteiger charge is -2.08. The fourth-order valence-corrected chi connectivity index (χ4v) is 1.63. The van der Waals surface area contributed by atoms with E-state index < -0.39 is 5.82 Å². The van der Waals surface area contributed by atoms with Crippen LogP contribution in [-0.2, 0) is 0 Å². The molecule has 0 aliphatic rings. The molecule has 0 bridgehead atoms. The molecule has 0 aliphatic carbocycles. The number of hydrogen-bond acceptors (Lipinski definition) is 7. The molecular formula is C12H11FN8. The van der Waals surface area contributed by atoms with E-state index in [1.807, 2.05) is 0 Å². The zero-order chi connectivity index (χ0) is 14.7. The summed E-state index contributed by atoms with van der Waals surface area (Å²) in [6.45, 7) is 0. The SMILES string of the molecule is CNc1nc(Nc2ccccc2F)nc(-n2cncn2)n1. The van der Waals surface area contributed by atoms with Gasteiger partial charge in [0.15, 0.2) is 0 Å². The third-order valence-electron chi connectivity index (χ3n) is 2.59. The van der Waals surface area contributed by atoms with Crippen molar-refractivity contribution in [1.29, 1.82) is 0 Å². The van der Waals surface area contributed by atoms with Crippen molar-refractivity contribution >= 4 is 17.6 Å². The van der Waals surface area contributed by atoms with Crippen molar-refractivity contribution in [1.82, 2.24) is 29.7 Å². The molecule has 9 heteroatoms. The maximum absolute atomic E-state index is 13.7. The van der Waals surface area contributed by atoms with E-state index in [-0.39, 0.29) is 17.6 Å². The largest absolute Gasteiger partial charge is 0.357 e. The Bertz CT molecular complexity index is 743. The van der Waals surface area contributed by atoms with Crippen molar-refractivity contribution in [2.24, 2.45) is 0 Å². The van der Waals surface area contributed by atoms with Crippen LogP contribution in [0.15, 0.2) is 36.9 Å². The van der Waals surface area contributed by atoms with Crippen LogP contribution in [0.3, 0.4) is 0 Å². The molecule has 0 saturated carbocycles. The molecule has 3 aromatic rings. The number of hydrogen-bond donors (Lipinski definition) is 2. The van der Waals surface area contributed by atoms with Gasteiger partial charge in [0.2, 0.25) is 11.9 Å². The number of nitrogens with one attached hydrogen (secondary N) is 2. The maximum atomic E-state index is 13.7. The van der Waals surface area contributed by atoms with Crippen LogP contribution in [0.25, 0.3) is 5.95 Å². The number of para-hydroxylation sites is 1. The molecule has 8 nitrogen and oxygen atoms in total. The number of nitrogens with zero attached hydrogens (tertiary/aromatic N) is 6. The highest BCUT2D eigenvalue weighted by Crippen LogP contribution is 2.18. The van der Waals surface area contributed by atoms with E-state index in [0.29, 0.717) is 5.95 Å². The Morgan fingerprint density at radius 2 is 1.90 bits per heavy atom. The quantitative estimate of drug-likeness (QED) is 0.748. The second-order valence-corrected chi connectivity index (χ2v) is 3.98. The predicted molar refractivity (Wildman–Crippen MR) is 74.0 cm³/mol. The summed E-state index contributed by atoms with van der Waals surface area (Å²) >= 11 is 0. The van der Waals surface area contributed by atoms with Gasteiger partial charge in [-0.1, -0.05) is 12.1 Å². The van der Waals surface area contributed by atoms with Gasteiger partial charge in [-0.15, -0.1) is 0 Å². The smallest absolute Gasteiger partial charge is 0.258 e. The van der Waals surface area contributed by atoms with Crippen LogP contribution in [-0.4, -0.2) is 36.8 Å². The molecule has 21 heavy (non-hydrogen) atoms. The number of aromatic nitrogens is 6. The summed E-state index contributed by atoms with van der Waals surface area (Å²) in [6.07, 6.45) is 2.83. The normalized spacial score (nSPS) is 10.4. The van der Waals surface area contributed by atoms with E-state index >= 15 is 0 Å². The topological polar surface area (TPSA) is 93.4 Å². The van der Waals surface area contributed by atoms with E-state index in [1.165, 1.54) is 23.4 Å². The first-order valence-electron chi connectivity index (χ1n) is 6.06. The molecule has 0 spiro atoms. The van der Waals surface area contributed by atoms with E-state index in [2.05, 4.69) is 35.7 Å². The monoisotopic (exact) mass is 286 g/mol. The molecule has 2 heterocycles. The number of rotatable bonds is 4. The van der Waals surface area contributed by atoms with Gasteiger partial charge in [0.1, 0.15) is 18.5 Å². The maximum Gasteiger partial charge on any atom is 0.258 e. The van der Waals surface area contributed by atoms with E-state index in [0.717, 1.165) is 0 Å². The van der Waals surface area contributed by atoms with Gasteiger partial charge in [-0.25, -0.2) is 9.37 Å². The van der Waals surface area contributed by atoms with Gasteiger partial charge in [-0.3, -0.25) is 0 Å². The summed E-state index contributed by atoms with van der Waals surface area (Å²) in [4.78, 5) is 16.3. The van der Waals surface area contributed by atoms with E-state index in [9.17, 15) is 4.39 Å². The van der Waals surface area contributed by atoms with Crippen LogP contribution in [0, 0.1) is 5.82 Å². The number of halogens is 1. The Morgan fingerprint density at radius 1 is 1.10 bits per heavy atom. The van der Waals surface area contributed by atoms with Gasteiger partial charge in [-0.05, 0) is 12.1 Å². The van der Waals surface area contributed by atoms with Gasteiger partial charge in [0.05, 0.1) is 5.69 Å². The number of anilines is 3. The lowest BCUT2D eigenvalue weighted by atomic mass is 10.3. The standard InChI is InChI=1S/C12H11FN8/c1-14-10-18-11(17-9-5-3-2-4-8(9)13)20-12(19-10)21-7-15-6-16-21/h2-7H,1H3,(H2,14,17,18,19,20). The third-order valence-corrected chi connectivity index (χ3v) is 2.59. The molecule has 0 radical (unpaired) electrons. The fourth-order valence-electron chi connectivity index (χ4n) is 1.63. The third kappa shape index (κ3) is 2.76. The van der Waals surface area contributed by atoms with Crippen molar-refractivity contribution < 1.29 is 4.39 Å². The van der Waals surface area contributed by atoms with Crippen LogP contribution in [0.2, 0.25) is 0 Å². The first kappa shape index (κ1) is 12.9. The summed E-state index contributed by atoms with van der Waals surface area (Å²) < 4.78 is 15.0. The Labute approximate surface area is 119 Å². The second-order valence-electron chi connectivity index (χ2n) is 3.98. The van der Waals surface area contributed by atoms with Crippen LogP contribution >= 0.6 is 0 Å². The molecule has 0 saturated heterocycles. The van der Waals surface area contributed by atoms with Crippen molar-refractivity contribution in [3.8, 4) is 5.95 Å². The molecule has 0 aliphatic heterocycles. The van der Waals surface area contributed by atoms with Gasteiger partial charge < -0.3 is 10.6 Å². The summed E-state index contributed by atoms with van der Waals surface area (Å²) in [6, 6.07) is 6.26. The fraction of sp³-hybridized carbons (Fsp3) is 0.0833. The predicted octanol–water partition coefficient (Wildman–Crippen LogP) is 1.38. The van der Waals surface area contributed by atoms with Crippen molar-refractivity contribution in [2.45, 2.75) is 0 Å². The van der Waals surface area contributed by atoms with Crippen LogP contribution in [0.5, 0.6) is 0 Å². The number of benzene rings is 1. The van der Waals surface area contributed by atoms with Gasteiger partial charge in [0, 0.05) is 7.05 Å². The summed E-state index contributed by atoms with van der Waals surface area (Å²) in [5.74, 6) is 0.399. The highest BCUT2D eigenvalue weighted by atomic mass is 19.1. The van der Waals surface area contributed by atoms with Gasteiger partial charge in [-0.2, -0.15) is 24.7 Å². The minimum atomic E-state index is -0.397. The summed E-state index contributed by atoms with van der Waals surface area (Å²) in [5, 5.41) is 9.57. The van der Waals surface area contributed by atoms with Crippen molar-refractivity contribution in [3.63, 3.8) is 0 Å². The zero-order valence-corrected chi connectivity index (χ0v) is 11.0. The van der Waals surface area contributed by atoms with Crippen LogP contribution in [0.4, 0.5) is 22.0 Å². The average Bonchev–Trinajstić information content (AvgIpc) is 3.04. The average molecular weight is 286 g/mol. The lowest BCUT2D eigenvalue weighted by Crippen LogP contribution is -2.10. The van der Waals surface area contributed by atoms with Crippen LogP contribution in [0.1, 0.15) is 0 Å². The molecule has 2 aromatic heterocycles. The first-order chi connectivity index (χ1) is 10.3. The van der Waals surface area contributed by atoms with Gasteiger partial charge in [0.25, 0.3) is 5.95 Å². The molecular weight excluding hydrogens is 275 g/mol. The lowest BCUT2D eigenvalue weighted by molar-refractivity contribution is 0.631. The zero-order valence-electron chi connectivity index (χ0n) is 11.0. The van der Waals surface area contributed by atoms with Gasteiger partial charge >= 0.3 is 0 Å². The van der Waals surface area contributed by atoms with E-state index in [4.69, 9.17) is 0 Å². The Hall–Kier alpha value is -3.10. The molecule has 1 aromatic carbocycles. The molecule has 0 amide bonds. The highest BCUT2D eigenvalue weighted by molar-refractivity contribution is 5.55. The molecule has 106 valence electrons. The Kier molecular flexibility index (Phi) is 3.37. The molecule has 0 unspecified atom stereocenters. The Morgan fingerprint density at radius 3 is 2.62 bits per heavy atom. The minimum absolute atomic E-state index is 0.199. The minimum Gasteiger partial charge on any atom is -0.357 e. The summed E-state index contributed by atoms with van der Waals surface area (Å²) in [7, 11) is 1.67. The van der Waals surface area contributed by atoms with Crippen LogP contribution < -0.4 is 10.6 Å².